The number of pyridine rings is 1. The lowest BCUT2D eigenvalue weighted by Crippen LogP contribution is -2.31. The van der Waals surface area contributed by atoms with Gasteiger partial charge in [-0.05, 0) is 37.8 Å². The van der Waals surface area contributed by atoms with E-state index in [2.05, 4.69) is 4.98 Å². The zero-order valence-corrected chi connectivity index (χ0v) is 11.4. The Morgan fingerprint density at radius 2 is 2.19 bits per heavy atom. The standard InChI is InChI=1S/C14H16F3N3O/c15-14(16,17)12-6-5-10(9-18)13(19-12)20-7-1-3-11(20)4-2-8-21/h5-6,11,21H,1-4,7-8H2. The van der Waals surface area contributed by atoms with Gasteiger partial charge in [-0.3, -0.25) is 0 Å². The van der Waals surface area contributed by atoms with Crippen LogP contribution < -0.4 is 4.90 Å². The van der Waals surface area contributed by atoms with E-state index in [1.165, 1.54) is 6.07 Å². The summed E-state index contributed by atoms with van der Waals surface area (Å²) in [4.78, 5) is 5.44. The van der Waals surface area contributed by atoms with Crippen LogP contribution in [0.5, 0.6) is 0 Å². The maximum Gasteiger partial charge on any atom is 0.433 e. The molecule has 1 N–H and O–H groups in total. The van der Waals surface area contributed by atoms with Gasteiger partial charge in [0, 0.05) is 19.2 Å². The van der Waals surface area contributed by atoms with Crippen molar-refractivity contribution >= 4 is 5.82 Å². The Balaban J connectivity index is 2.34. The number of nitrogens with zero attached hydrogens (tertiary/aromatic N) is 3. The molecule has 1 aromatic heterocycles. The summed E-state index contributed by atoms with van der Waals surface area (Å²) in [6, 6.07) is 3.94. The summed E-state index contributed by atoms with van der Waals surface area (Å²) < 4.78 is 38.4. The molecule has 114 valence electrons. The maximum absolute atomic E-state index is 12.8. The van der Waals surface area contributed by atoms with E-state index in [0.717, 1.165) is 18.9 Å². The van der Waals surface area contributed by atoms with Crippen molar-refractivity contribution in [3.05, 3.63) is 23.4 Å². The number of aromatic nitrogens is 1. The van der Waals surface area contributed by atoms with Crippen LogP contribution in [0.2, 0.25) is 0 Å². The van der Waals surface area contributed by atoms with Gasteiger partial charge < -0.3 is 10.0 Å². The molecule has 0 aromatic carbocycles. The Morgan fingerprint density at radius 3 is 2.81 bits per heavy atom. The topological polar surface area (TPSA) is 60.2 Å². The zero-order valence-electron chi connectivity index (χ0n) is 11.4. The van der Waals surface area contributed by atoms with Crippen molar-refractivity contribution in [2.24, 2.45) is 0 Å². The van der Waals surface area contributed by atoms with E-state index in [4.69, 9.17) is 10.4 Å². The zero-order chi connectivity index (χ0) is 15.5. The fourth-order valence-corrected chi connectivity index (χ4v) is 2.65. The Bertz CT molecular complexity index is 539. The van der Waals surface area contributed by atoms with Gasteiger partial charge in [0.1, 0.15) is 17.6 Å². The number of alkyl halides is 3. The predicted octanol–water partition coefficient (Wildman–Crippen LogP) is 2.71. The largest absolute Gasteiger partial charge is 0.433 e. The van der Waals surface area contributed by atoms with E-state index < -0.39 is 11.9 Å². The van der Waals surface area contributed by atoms with Crippen molar-refractivity contribution in [3.8, 4) is 6.07 Å². The molecular weight excluding hydrogens is 283 g/mol. The number of hydrogen-bond acceptors (Lipinski definition) is 4. The van der Waals surface area contributed by atoms with Crippen LogP contribution in [0.4, 0.5) is 19.0 Å². The van der Waals surface area contributed by atoms with Gasteiger partial charge in [0.05, 0.1) is 5.56 Å². The lowest BCUT2D eigenvalue weighted by atomic mass is 10.1. The van der Waals surface area contributed by atoms with Crippen LogP contribution in [0.1, 0.15) is 36.9 Å². The SMILES string of the molecule is N#Cc1ccc(C(F)(F)F)nc1N1CCCC1CCCO. The van der Waals surface area contributed by atoms with Crippen LogP contribution in [0.15, 0.2) is 12.1 Å². The van der Waals surface area contributed by atoms with E-state index in [1.807, 2.05) is 6.07 Å². The van der Waals surface area contributed by atoms with Gasteiger partial charge in [0.15, 0.2) is 0 Å². The van der Waals surface area contributed by atoms with Crippen molar-refractivity contribution < 1.29 is 18.3 Å². The highest BCUT2D eigenvalue weighted by Gasteiger charge is 2.35. The molecule has 2 rings (SSSR count). The number of aliphatic hydroxyl groups excluding tert-OH is 1. The molecule has 1 aliphatic rings. The molecule has 1 fully saturated rings. The molecule has 4 nitrogen and oxygen atoms in total. The highest BCUT2D eigenvalue weighted by molar-refractivity contribution is 5.56. The average molecular weight is 299 g/mol. The Morgan fingerprint density at radius 1 is 1.43 bits per heavy atom. The number of aliphatic hydroxyl groups is 1. The molecule has 2 heterocycles. The Labute approximate surface area is 120 Å². The third-order valence-corrected chi connectivity index (χ3v) is 3.63. The minimum Gasteiger partial charge on any atom is -0.396 e. The van der Waals surface area contributed by atoms with Crippen LogP contribution >= 0.6 is 0 Å². The second kappa shape index (κ2) is 6.31. The average Bonchev–Trinajstić information content (AvgIpc) is 2.91. The van der Waals surface area contributed by atoms with Crippen molar-refractivity contribution in [2.75, 3.05) is 18.1 Å². The molecule has 7 heteroatoms. The molecule has 1 atom stereocenters. The van der Waals surface area contributed by atoms with Gasteiger partial charge in [-0.2, -0.15) is 18.4 Å². The maximum atomic E-state index is 12.8. The van der Waals surface area contributed by atoms with Gasteiger partial charge in [0.2, 0.25) is 0 Å². The summed E-state index contributed by atoms with van der Waals surface area (Å²) >= 11 is 0. The first-order chi connectivity index (χ1) is 9.97. The normalized spacial score (nSPS) is 18.8. The van der Waals surface area contributed by atoms with Crippen molar-refractivity contribution in [3.63, 3.8) is 0 Å². The first-order valence-electron chi connectivity index (χ1n) is 6.83. The monoisotopic (exact) mass is 299 g/mol. The lowest BCUT2D eigenvalue weighted by Gasteiger charge is -2.27. The van der Waals surface area contributed by atoms with Crippen LogP contribution in [-0.2, 0) is 6.18 Å². The van der Waals surface area contributed by atoms with E-state index in [1.54, 1.807) is 4.90 Å². The fraction of sp³-hybridized carbons (Fsp3) is 0.571. The summed E-state index contributed by atoms with van der Waals surface area (Å²) in [5, 5.41) is 18.0. The molecule has 1 aliphatic heterocycles. The number of hydrogen-bond donors (Lipinski definition) is 1. The minimum absolute atomic E-state index is 0.0280. The summed E-state index contributed by atoms with van der Waals surface area (Å²) in [6.07, 6.45) is -1.58. The molecule has 1 unspecified atom stereocenters. The third-order valence-electron chi connectivity index (χ3n) is 3.63. The van der Waals surface area contributed by atoms with E-state index in [0.29, 0.717) is 19.4 Å². The first kappa shape index (κ1) is 15.6. The molecule has 0 aliphatic carbocycles. The number of nitriles is 1. The molecule has 21 heavy (non-hydrogen) atoms. The third kappa shape index (κ3) is 3.45. The molecule has 0 saturated carbocycles. The molecule has 0 spiro atoms. The predicted molar refractivity (Wildman–Crippen MR) is 70.6 cm³/mol. The molecule has 0 bridgehead atoms. The lowest BCUT2D eigenvalue weighted by molar-refractivity contribution is -0.141. The number of rotatable bonds is 4. The van der Waals surface area contributed by atoms with Crippen molar-refractivity contribution in [1.29, 1.82) is 5.26 Å². The van der Waals surface area contributed by atoms with Crippen LogP contribution in [-0.4, -0.2) is 29.3 Å². The highest BCUT2D eigenvalue weighted by atomic mass is 19.4. The number of anilines is 1. The second-order valence-corrected chi connectivity index (χ2v) is 5.03. The summed E-state index contributed by atoms with van der Waals surface area (Å²) in [7, 11) is 0. The molecule has 1 saturated heterocycles. The van der Waals surface area contributed by atoms with Crippen molar-refractivity contribution in [1.82, 2.24) is 4.98 Å². The molecule has 1 aromatic rings. The minimum atomic E-state index is -4.52. The Hall–Kier alpha value is -1.81. The quantitative estimate of drug-likeness (QED) is 0.928. The summed E-state index contributed by atoms with van der Waals surface area (Å²) in [5.74, 6) is 0.104. The second-order valence-electron chi connectivity index (χ2n) is 5.03. The first-order valence-corrected chi connectivity index (χ1v) is 6.83. The molecular formula is C14H16F3N3O. The van der Waals surface area contributed by atoms with Crippen LogP contribution in [0.3, 0.4) is 0 Å². The fourth-order valence-electron chi connectivity index (χ4n) is 2.65. The van der Waals surface area contributed by atoms with E-state index in [9.17, 15) is 13.2 Å². The van der Waals surface area contributed by atoms with Gasteiger partial charge in [0.25, 0.3) is 0 Å². The van der Waals surface area contributed by atoms with Gasteiger partial charge in [-0.15, -0.1) is 0 Å². The van der Waals surface area contributed by atoms with Gasteiger partial charge in [-0.1, -0.05) is 0 Å². The Kier molecular flexibility index (Phi) is 4.68. The van der Waals surface area contributed by atoms with Gasteiger partial charge >= 0.3 is 6.18 Å². The van der Waals surface area contributed by atoms with Crippen LogP contribution in [0, 0.1) is 11.3 Å². The smallest absolute Gasteiger partial charge is 0.396 e. The summed E-state index contributed by atoms with van der Waals surface area (Å²) in [5.41, 5.74) is -0.830. The molecule has 0 radical (unpaired) electrons. The highest BCUT2D eigenvalue weighted by Crippen LogP contribution is 2.33. The summed E-state index contributed by atoms with van der Waals surface area (Å²) in [6.45, 7) is 0.630. The van der Waals surface area contributed by atoms with E-state index in [-0.39, 0.29) is 24.0 Å². The van der Waals surface area contributed by atoms with Crippen LogP contribution in [0.25, 0.3) is 0 Å². The number of halogens is 3. The van der Waals surface area contributed by atoms with Crippen molar-refractivity contribution in [2.45, 2.75) is 37.9 Å². The van der Waals surface area contributed by atoms with E-state index >= 15 is 0 Å². The van der Waals surface area contributed by atoms with Gasteiger partial charge in [-0.25, -0.2) is 4.98 Å². The molecule has 0 amide bonds.